The Labute approximate surface area is 163 Å². The van der Waals surface area contributed by atoms with Crippen LogP contribution in [-0.2, 0) is 12.8 Å². The summed E-state index contributed by atoms with van der Waals surface area (Å²) in [7, 11) is 3.68. The monoisotopic (exact) mass is 380 g/mol. The number of ether oxygens (including phenoxy) is 1. The number of aryl methyl sites for hydroxylation is 1. The van der Waals surface area contributed by atoms with Crippen LogP contribution in [0.3, 0.4) is 0 Å². The average molecular weight is 380 g/mol. The molecule has 5 nitrogen and oxygen atoms in total. The lowest BCUT2D eigenvalue weighted by molar-refractivity contribution is 0.0571. The lowest BCUT2D eigenvalue weighted by Crippen LogP contribution is -2.43. The van der Waals surface area contributed by atoms with Gasteiger partial charge in [0.1, 0.15) is 5.75 Å². The Morgan fingerprint density at radius 3 is 2.37 bits per heavy atom. The number of carbonyl (C=O) groups is 2. The summed E-state index contributed by atoms with van der Waals surface area (Å²) in [6.07, 6.45) is 2.21. The number of benzene rings is 2. The fourth-order valence-corrected chi connectivity index (χ4v) is 3.82. The Balaban J connectivity index is 1.54. The molecule has 0 saturated carbocycles. The molecule has 2 aromatic rings. The van der Waals surface area contributed by atoms with Gasteiger partial charge in [-0.25, -0.2) is 0 Å². The lowest BCUT2D eigenvalue weighted by atomic mass is 9.87. The highest BCUT2D eigenvalue weighted by molar-refractivity contribution is 7.80. The Hall–Kier alpha value is -2.73. The molecule has 0 spiro atoms. The van der Waals surface area contributed by atoms with E-state index in [4.69, 9.17) is 17.0 Å². The Morgan fingerprint density at radius 1 is 1.07 bits per heavy atom. The number of rotatable bonds is 2. The molecular weight excluding hydrogens is 360 g/mol. The summed E-state index contributed by atoms with van der Waals surface area (Å²) in [5, 5.41) is 0.412. The number of hydrogen-bond acceptors (Lipinski definition) is 4. The molecule has 27 heavy (non-hydrogen) atoms. The summed E-state index contributed by atoms with van der Waals surface area (Å²) in [5.41, 5.74) is 3.34. The molecule has 0 fully saturated rings. The molecule has 6 heteroatoms. The summed E-state index contributed by atoms with van der Waals surface area (Å²) in [6.45, 7) is 0. The van der Waals surface area contributed by atoms with E-state index in [0.717, 1.165) is 18.4 Å². The molecular formula is C21H20N2O3S. The smallest absolute Gasteiger partial charge is 0.264 e. The Bertz CT molecular complexity index is 919. The van der Waals surface area contributed by atoms with Crippen LogP contribution < -0.4 is 4.74 Å². The van der Waals surface area contributed by atoms with Gasteiger partial charge in [-0.05, 0) is 66.9 Å². The first-order chi connectivity index (χ1) is 13.0. The van der Waals surface area contributed by atoms with E-state index in [1.54, 1.807) is 29.2 Å². The third kappa shape index (κ3) is 3.10. The van der Waals surface area contributed by atoms with Crippen molar-refractivity contribution in [1.82, 2.24) is 9.80 Å². The van der Waals surface area contributed by atoms with Crippen LogP contribution in [0.25, 0.3) is 0 Å². The molecule has 0 radical (unpaired) electrons. The van der Waals surface area contributed by atoms with Crippen molar-refractivity contribution < 1.29 is 14.3 Å². The van der Waals surface area contributed by atoms with Crippen molar-refractivity contribution in [2.24, 2.45) is 0 Å². The van der Waals surface area contributed by atoms with E-state index in [0.29, 0.717) is 28.5 Å². The number of carbonyl (C=O) groups excluding carboxylic acids is 2. The van der Waals surface area contributed by atoms with Gasteiger partial charge >= 0.3 is 0 Å². The van der Waals surface area contributed by atoms with Gasteiger partial charge in [-0.3, -0.25) is 14.5 Å². The second-order valence-corrected chi connectivity index (χ2v) is 7.46. The molecule has 0 bridgehead atoms. The second kappa shape index (κ2) is 6.78. The summed E-state index contributed by atoms with van der Waals surface area (Å²) >= 11 is 5.19. The van der Waals surface area contributed by atoms with E-state index in [1.807, 2.05) is 32.3 Å². The van der Waals surface area contributed by atoms with E-state index in [2.05, 4.69) is 0 Å². The highest BCUT2D eigenvalue weighted by Gasteiger charge is 2.40. The molecule has 0 N–H and O–H groups in total. The molecule has 138 valence electrons. The van der Waals surface area contributed by atoms with Crippen LogP contribution in [0.1, 0.15) is 38.3 Å². The minimum atomic E-state index is -0.180. The first-order valence-corrected chi connectivity index (χ1v) is 9.34. The van der Waals surface area contributed by atoms with Crippen LogP contribution in [0, 0.1) is 0 Å². The molecule has 0 saturated heterocycles. The van der Waals surface area contributed by atoms with Gasteiger partial charge in [-0.1, -0.05) is 18.2 Å². The molecule has 0 aromatic heterocycles. The van der Waals surface area contributed by atoms with Crippen molar-refractivity contribution >= 4 is 29.2 Å². The molecule has 2 aromatic carbocycles. The standard InChI is InChI=1S/C21H20N2O3S/c1-22(2)21(27)26-16-10-8-13-11-15(9-7-14(13)12-16)23-19(24)17-5-3-4-6-18(17)20(23)25/h3-6,8,10,12,15H,7,9,11H2,1-2H3. The van der Waals surface area contributed by atoms with Crippen LogP contribution in [0.15, 0.2) is 42.5 Å². The Morgan fingerprint density at radius 2 is 1.74 bits per heavy atom. The van der Waals surface area contributed by atoms with E-state index >= 15 is 0 Å². The highest BCUT2D eigenvalue weighted by atomic mass is 32.1. The summed E-state index contributed by atoms with van der Waals surface area (Å²) in [5.74, 6) is 0.354. The largest absolute Gasteiger partial charge is 0.432 e. The highest BCUT2D eigenvalue weighted by Crippen LogP contribution is 2.32. The van der Waals surface area contributed by atoms with Crippen LogP contribution in [0.4, 0.5) is 0 Å². The first kappa shape index (κ1) is 17.7. The maximum Gasteiger partial charge on any atom is 0.264 e. The molecule has 1 aliphatic carbocycles. The summed E-state index contributed by atoms with van der Waals surface area (Å²) in [4.78, 5) is 28.6. The van der Waals surface area contributed by atoms with Crippen LogP contribution >= 0.6 is 12.2 Å². The van der Waals surface area contributed by atoms with Gasteiger partial charge in [0.15, 0.2) is 0 Å². The topological polar surface area (TPSA) is 49.9 Å². The number of fused-ring (bicyclic) bond motifs is 2. The van der Waals surface area contributed by atoms with Gasteiger partial charge in [0.25, 0.3) is 17.0 Å². The third-order valence-corrected chi connectivity index (χ3v) is 5.59. The summed E-state index contributed by atoms with van der Waals surface area (Å²) in [6, 6.07) is 12.8. The predicted octanol–water partition coefficient (Wildman–Crippen LogP) is 3.07. The molecule has 1 aliphatic heterocycles. The number of nitrogens with zero attached hydrogens (tertiary/aromatic N) is 2. The van der Waals surface area contributed by atoms with Crippen molar-refractivity contribution in [2.75, 3.05) is 14.1 Å². The zero-order valence-corrected chi connectivity index (χ0v) is 16.1. The quantitative estimate of drug-likeness (QED) is 0.592. The number of hydrogen-bond donors (Lipinski definition) is 0. The first-order valence-electron chi connectivity index (χ1n) is 8.93. The van der Waals surface area contributed by atoms with E-state index in [1.165, 1.54) is 10.5 Å². The zero-order valence-electron chi connectivity index (χ0n) is 15.3. The number of imide groups is 1. The van der Waals surface area contributed by atoms with Gasteiger partial charge in [0, 0.05) is 20.1 Å². The van der Waals surface area contributed by atoms with E-state index in [9.17, 15) is 9.59 Å². The second-order valence-electron chi connectivity index (χ2n) is 7.12. The van der Waals surface area contributed by atoms with Crippen molar-refractivity contribution in [2.45, 2.75) is 25.3 Å². The van der Waals surface area contributed by atoms with Crippen molar-refractivity contribution in [3.05, 3.63) is 64.7 Å². The zero-order chi connectivity index (χ0) is 19.1. The molecule has 2 aliphatic rings. The average Bonchev–Trinajstić information content (AvgIpc) is 2.92. The van der Waals surface area contributed by atoms with Crippen molar-refractivity contribution in [1.29, 1.82) is 0 Å². The van der Waals surface area contributed by atoms with Crippen LogP contribution in [-0.4, -0.2) is 46.9 Å². The van der Waals surface area contributed by atoms with E-state index < -0.39 is 0 Å². The van der Waals surface area contributed by atoms with Gasteiger partial charge in [-0.15, -0.1) is 0 Å². The minimum Gasteiger partial charge on any atom is -0.432 e. The van der Waals surface area contributed by atoms with Crippen LogP contribution in [0.2, 0.25) is 0 Å². The lowest BCUT2D eigenvalue weighted by Gasteiger charge is -2.31. The summed E-state index contributed by atoms with van der Waals surface area (Å²) < 4.78 is 5.68. The number of thiocarbonyl (C=S) groups is 1. The fraction of sp³-hybridized carbons (Fsp3) is 0.286. The molecule has 4 rings (SSSR count). The molecule has 2 amide bonds. The third-order valence-electron chi connectivity index (χ3n) is 5.14. The Kier molecular flexibility index (Phi) is 4.44. The number of amides is 2. The normalized spacial score (nSPS) is 18.1. The van der Waals surface area contributed by atoms with Gasteiger partial charge in [0.05, 0.1) is 11.1 Å². The van der Waals surface area contributed by atoms with Gasteiger partial charge < -0.3 is 9.64 Å². The van der Waals surface area contributed by atoms with Crippen molar-refractivity contribution in [3.63, 3.8) is 0 Å². The molecule has 1 heterocycles. The maximum atomic E-state index is 12.7. The minimum absolute atomic E-state index is 0.112. The maximum absolute atomic E-state index is 12.7. The van der Waals surface area contributed by atoms with Crippen LogP contribution in [0.5, 0.6) is 5.75 Å². The van der Waals surface area contributed by atoms with Gasteiger partial charge in [-0.2, -0.15) is 0 Å². The SMILES string of the molecule is CN(C)C(=S)Oc1ccc2c(c1)CCC(N1C(=O)c3ccccc3C1=O)C2. The predicted molar refractivity (Wildman–Crippen MR) is 106 cm³/mol. The van der Waals surface area contributed by atoms with E-state index in [-0.39, 0.29) is 17.9 Å². The molecule has 1 unspecified atom stereocenters. The fourth-order valence-electron chi connectivity index (χ4n) is 3.73. The molecule has 1 atom stereocenters. The van der Waals surface area contributed by atoms with Gasteiger partial charge in [0.2, 0.25) is 0 Å². The van der Waals surface area contributed by atoms with Crippen molar-refractivity contribution in [3.8, 4) is 5.75 Å².